The molecule has 0 heterocycles. The molecule has 0 fully saturated rings. The van der Waals surface area contributed by atoms with Crippen LogP contribution in [-0.4, -0.2) is 11.8 Å². The first-order valence-corrected chi connectivity index (χ1v) is 8.50. The van der Waals surface area contributed by atoms with Crippen LogP contribution in [0.1, 0.15) is 40.2 Å². The van der Waals surface area contributed by atoms with Crippen molar-refractivity contribution in [1.82, 2.24) is 0 Å². The summed E-state index contributed by atoms with van der Waals surface area (Å²) in [5.74, 6) is -1.26. The van der Waals surface area contributed by atoms with E-state index in [0.29, 0.717) is 11.4 Å². The molecule has 2 amide bonds. The third kappa shape index (κ3) is 4.48. The standard InChI is InChI=1S/C21H25FN2O2/c1-20(2,3)16-8-6-7-9-17(16)24-19(26)21(4,5)18(25)23-15-12-10-14(22)11-13-15/h6-13H,1-5H3,(H,23,25)(H,24,26). The minimum absolute atomic E-state index is 0.148. The van der Waals surface area contributed by atoms with Gasteiger partial charge in [-0.25, -0.2) is 4.39 Å². The van der Waals surface area contributed by atoms with Crippen LogP contribution in [0.15, 0.2) is 48.5 Å². The fraction of sp³-hybridized carbons (Fsp3) is 0.333. The highest BCUT2D eigenvalue weighted by molar-refractivity contribution is 6.14. The highest BCUT2D eigenvalue weighted by atomic mass is 19.1. The molecule has 0 aliphatic carbocycles. The first-order valence-electron chi connectivity index (χ1n) is 8.50. The largest absolute Gasteiger partial charge is 0.325 e. The van der Waals surface area contributed by atoms with E-state index in [1.807, 2.05) is 24.3 Å². The van der Waals surface area contributed by atoms with Crippen LogP contribution >= 0.6 is 0 Å². The maximum absolute atomic E-state index is 13.0. The van der Waals surface area contributed by atoms with E-state index < -0.39 is 23.0 Å². The molecule has 4 nitrogen and oxygen atoms in total. The van der Waals surface area contributed by atoms with Gasteiger partial charge in [-0.3, -0.25) is 9.59 Å². The smallest absolute Gasteiger partial charge is 0.239 e. The molecule has 0 unspecified atom stereocenters. The van der Waals surface area contributed by atoms with Crippen molar-refractivity contribution in [3.8, 4) is 0 Å². The molecule has 5 heteroatoms. The molecule has 0 aliphatic rings. The highest BCUT2D eigenvalue weighted by Gasteiger charge is 2.36. The third-order valence-corrected chi connectivity index (χ3v) is 4.22. The third-order valence-electron chi connectivity index (χ3n) is 4.22. The van der Waals surface area contributed by atoms with Crippen LogP contribution < -0.4 is 10.6 Å². The number of benzene rings is 2. The molecule has 2 N–H and O–H groups in total. The average molecular weight is 356 g/mol. The lowest BCUT2D eigenvalue weighted by atomic mass is 9.85. The Morgan fingerprint density at radius 3 is 1.92 bits per heavy atom. The minimum Gasteiger partial charge on any atom is -0.325 e. The molecule has 0 aliphatic heterocycles. The van der Waals surface area contributed by atoms with E-state index in [4.69, 9.17) is 0 Å². The van der Waals surface area contributed by atoms with E-state index >= 15 is 0 Å². The molecular weight excluding hydrogens is 331 g/mol. The number of carbonyl (C=O) groups is 2. The first-order chi connectivity index (χ1) is 12.0. The number of para-hydroxylation sites is 1. The van der Waals surface area contributed by atoms with E-state index in [1.54, 1.807) is 13.8 Å². The Kier molecular flexibility index (Phi) is 5.50. The summed E-state index contributed by atoms with van der Waals surface area (Å²) in [7, 11) is 0. The lowest BCUT2D eigenvalue weighted by molar-refractivity contribution is -0.135. The van der Waals surface area contributed by atoms with Crippen LogP contribution in [0.5, 0.6) is 0 Å². The zero-order valence-corrected chi connectivity index (χ0v) is 15.8. The molecule has 0 bridgehead atoms. The summed E-state index contributed by atoms with van der Waals surface area (Å²) >= 11 is 0. The van der Waals surface area contributed by atoms with Crippen molar-refractivity contribution < 1.29 is 14.0 Å². The minimum atomic E-state index is -1.31. The lowest BCUT2D eigenvalue weighted by Gasteiger charge is -2.26. The van der Waals surface area contributed by atoms with Crippen molar-refractivity contribution in [2.75, 3.05) is 10.6 Å². The molecule has 138 valence electrons. The molecule has 2 aromatic carbocycles. The predicted molar refractivity (Wildman–Crippen MR) is 103 cm³/mol. The number of nitrogens with one attached hydrogen (secondary N) is 2. The van der Waals surface area contributed by atoms with E-state index in [0.717, 1.165) is 5.56 Å². The average Bonchev–Trinajstić information content (AvgIpc) is 2.56. The van der Waals surface area contributed by atoms with Gasteiger partial charge in [-0.1, -0.05) is 39.0 Å². The number of halogens is 1. The maximum atomic E-state index is 13.0. The summed E-state index contributed by atoms with van der Waals surface area (Å²) < 4.78 is 13.0. The van der Waals surface area contributed by atoms with E-state index in [1.165, 1.54) is 24.3 Å². The molecule has 0 saturated carbocycles. The Hall–Kier alpha value is -2.69. The lowest BCUT2D eigenvalue weighted by Crippen LogP contribution is -2.42. The Bertz CT molecular complexity index is 806. The number of hydrogen-bond acceptors (Lipinski definition) is 2. The quantitative estimate of drug-likeness (QED) is 0.778. The van der Waals surface area contributed by atoms with Crippen molar-refractivity contribution in [2.24, 2.45) is 5.41 Å². The second-order valence-electron chi connectivity index (χ2n) is 7.84. The van der Waals surface area contributed by atoms with Gasteiger partial charge in [-0.05, 0) is 55.2 Å². The van der Waals surface area contributed by atoms with Crippen LogP contribution in [-0.2, 0) is 15.0 Å². The maximum Gasteiger partial charge on any atom is 0.239 e. The topological polar surface area (TPSA) is 58.2 Å². The number of amides is 2. The van der Waals surface area contributed by atoms with Gasteiger partial charge < -0.3 is 10.6 Å². The summed E-state index contributed by atoms with van der Waals surface area (Å²) in [6.07, 6.45) is 0. The van der Waals surface area contributed by atoms with Gasteiger partial charge in [-0.2, -0.15) is 0 Å². The van der Waals surface area contributed by atoms with Crippen molar-refractivity contribution in [1.29, 1.82) is 0 Å². The molecule has 0 aromatic heterocycles. The summed E-state index contributed by atoms with van der Waals surface area (Å²) in [6.45, 7) is 9.29. The van der Waals surface area contributed by atoms with Gasteiger partial charge in [0.15, 0.2) is 0 Å². The van der Waals surface area contributed by atoms with Gasteiger partial charge in [-0.15, -0.1) is 0 Å². The predicted octanol–water partition coefficient (Wildman–Crippen LogP) is 4.73. The van der Waals surface area contributed by atoms with Crippen molar-refractivity contribution in [2.45, 2.75) is 40.0 Å². The first kappa shape index (κ1) is 19.6. The van der Waals surface area contributed by atoms with Crippen LogP contribution in [0.25, 0.3) is 0 Å². The molecule has 26 heavy (non-hydrogen) atoms. The zero-order valence-electron chi connectivity index (χ0n) is 15.8. The second kappa shape index (κ2) is 7.28. The molecular formula is C21H25FN2O2. The van der Waals surface area contributed by atoms with Gasteiger partial charge in [0.2, 0.25) is 11.8 Å². The summed E-state index contributed by atoms with van der Waals surface area (Å²) in [4.78, 5) is 25.3. The van der Waals surface area contributed by atoms with Crippen molar-refractivity contribution in [3.63, 3.8) is 0 Å². The molecule has 0 radical (unpaired) electrons. The molecule has 2 rings (SSSR count). The van der Waals surface area contributed by atoms with E-state index in [9.17, 15) is 14.0 Å². The number of carbonyl (C=O) groups excluding carboxylic acids is 2. The van der Waals surface area contributed by atoms with Crippen LogP contribution in [0.2, 0.25) is 0 Å². The van der Waals surface area contributed by atoms with Crippen LogP contribution in [0.4, 0.5) is 15.8 Å². The summed E-state index contributed by atoms with van der Waals surface area (Å²) in [5, 5.41) is 5.53. The Labute approximate surface area is 153 Å². The van der Waals surface area contributed by atoms with E-state index in [-0.39, 0.29) is 5.41 Å². The van der Waals surface area contributed by atoms with Gasteiger partial charge in [0, 0.05) is 11.4 Å². The summed E-state index contributed by atoms with van der Waals surface area (Å²) in [5.41, 5.74) is 0.659. The van der Waals surface area contributed by atoms with Crippen LogP contribution in [0, 0.1) is 11.2 Å². The molecule has 0 atom stereocenters. The number of rotatable bonds is 4. The highest BCUT2D eigenvalue weighted by Crippen LogP contribution is 2.30. The SMILES string of the molecule is CC(C)(C(=O)Nc1ccc(F)cc1)C(=O)Nc1ccccc1C(C)(C)C. The van der Waals surface area contributed by atoms with Gasteiger partial charge in [0.1, 0.15) is 11.2 Å². The molecule has 2 aromatic rings. The fourth-order valence-electron chi connectivity index (χ4n) is 2.45. The van der Waals surface area contributed by atoms with Gasteiger partial charge >= 0.3 is 0 Å². The van der Waals surface area contributed by atoms with E-state index in [2.05, 4.69) is 31.4 Å². The molecule has 0 saturated heterocycles. The Balaban J connectivity index is 2.17. The Morgan fingerprint density at radius 1 is 0.808 bits per heavy atom. The van der Waals surface area contributed by atoms with Crippen LogP contribution in [0.3, 0.4) is 0 Å². The normalized spacial score (nSPS) is 11.8. The fourth-order valence-corrected chi connectivity index (χ4v) is 2.45. The van der Waals surface area contributed by atoms with Crippen molar-refractivity contribution in [3.05, 3.63) is 59.9 Å². The molecule has 0 spiro atoms. The second-order valence-corrected chi connectivity index (χ2v) is 7.84. The van der Waals surface area contributed by atoms with Crippen molar-refractivity contribution >= 4 is 23.2 Å². The monoisotopic (exact) mass is 356 g/mol. The number of hydrogen-bond donors (Lipinski definition) is 2. The summed E-state index contributed by atoms with van der Waals surface area (Å²) in [6, 6.07) is 13.0. The zero-order chi connectivity index (χ0) is 19.5. The Morgan fingerprint density at radius 2 is 1.35 bits per heavy atom. The number of anilines is 2. The van der Waals surface area contributed by atoms with Gasteiger partial charge in [0.05, 0.1) is 0 Å². The van der Waals surface area contributed by atoms with Gasteiger partial charge in [0.25, 0.3) is 0 Å².